The first kappa shape index (κ1) is 12.2. The van der Waals surface area contributed by atoms with Gasteiger partial charge in [0.05, 0.1) is 6.54 Å². The summed E-state index contributed by atoms with van der Waals surface area (Å²) >= 11 is 0. The SMILES string of the molecule is Cn1nccc1CCN1C(=O)CNC(=O)C1C1CC1. The molecular weight excluding hydrogens is 244 g/mol. The molecule has 102 valence electrons. The number of hydrogen-bond acceptors (Lipinski definition) is 3. The molecule has 6 heteroatoms. The number of nitrogens with zero attached hydrogens (tertiary/aromatic N) is 3. The minimum absolute atomic E-state index is 0.00658. The summed E-state index contributed by atoms with van der Waals surface area (Å²) in [6.45, 7) is 0.723. The van der Waals surface area contributed by atoms with Gasteiger partial charge >= 0.3 is 0 Å². The van der Waals surface area contributed by atoms with E-state index in [9.17, 15) is 9.59 Å². The molecule has 1 unspecified atom stereocenters. The number of nitrogens with one attached hydrogen (secondary N) is 1. The molecule has 2 fully saturated rings. The third-order valence-electron chi connectivity index (χ3n) is 3.94. The number of hydrogen-bond donors (Lipinski definition) is 1. The Balaban J connectivity index is 1.71. The Morgan fingerprint density at radius 3 is 2.84 bits per heavy atom. The van der Waals surface area contributed by atoms with Gasteiger partial charge in [0.2, 0.25) is 11.8 Å². The maximum absolute atomic E-state index is 12.0. The van der Waals surface area contributed by atoms with Crippen LogP contribution in [-0.2, 0) is 23.1 Å². The van der Waals surface area contributed by atoms with E-state index in [1.807, 2.05) is 13.1 Å². The predicted molar refractivity (Wildman–Crippen MR) is 68.1 cm³/mol. The minimum Gasteiger partial charge on any atom is -0.345 e. The summed E-state index contributed by atoms with van der Waals surface area (Å²) in [5.74, 6) is 0.390. The number of carbonyl (C=O) groups excluding carboxylic acids is 2. The Hall–Kier alpha value is -1.85. The van der Waals surface area contributed by atoms with Gasteiger partial charge in [-0.25, -0.2) is 0 Å². The van der Waals surface area contributed by atoms with Crippen molar-refractivity contribution in [3.8, 4) is 0 Å². The van der Waals surface area contributed by atoms with Crippen molar-refractivity contribution >= 4 is 11.8 Å². The van der Waals surface area contributed by atoms with Crippen LogP contribution in [0.5, 0.6) is 0 Å². The first-order valence-electron chi connectivity index (χ1n) is 6.71. The summed E-state index contributed by atoms with van der Waals surface area (Å²) in [4.78, 5) is 25.7. The van der Waals surface area contributed by atoms with Crippen LogP contribution in [0.25, 0.3) is 0 Å². The lowest BCUT2D eigenvalue weighted by Gasteiger charge is -2.35. The van der Waals surface area contributed by atoms with E-state index in [2.05, 4.69) is 10.4 Å². The number of rotatable bonds is 4. The quantitative estimate of drug-likeness (QED) is 0.810. The van der Waals surface area contributed by atoms with Crippen molar-refractivity contribution in [1.82, 2.24) is 20.0 Å². The predicted octanol–water partition coefficient (Wildman–Crippen LogP) is -0.300. The molecule has 6 nitrogen and oxygen atoms in total. The lowest BCUT2D eigenvalue weighted by molar-refractivity contribution is -0.146. The molecule has 1 aromatic rings. The second-order valence-corrected chi connectivity index (χ2v) is 5.28. The van der Waals surface area contributed by atoms with Crippen molar-refractivity contribution in [2.45, 2.75) is 25.3 Å². The lowest BCUT2D eigenvalue weighted by Crippen LogP contribution is -2.59. The average Bonchev–Trinajstić information content (AvgIpc) is 3.14. The fourth-order valence-corrected chi connectivity index (χ4v) is 2.69. The van der Waals surface area contributed by atoms with Crippen LogP contribution in [0.2, 0.25) is 0 Å². The van der Waals surface area contributed by atoms with E-state index < -0.39 is 0 Å². The van der Waals surface area contributed by atoms with E-state index in [4.69, 9.17) is 0 Å². The highest BCUT2D eigenvalue weighted by atomic mass is 16.2. The minimum atomic E-state index is -0.255. The zero-order chi connectivity index (χ0) is 13.4. The van der Waals surface area contributed by atoms with Crippen LogP contribution in [0.15, 0.2) is 12.3 Å². The van der Waals surface area contributed by atoms with Crippen molar-refractivity contribution in [2.75, 3.05) is 13.1 Å². The van der Waals surface area contributed by atoms with E-state index in [0.29, 0.717) is 12.5 Å². The van der Waals surface area contributed by atoms with Gasteiger partial charge < -0.3 is 10.2 Å². The van der Waals surface area contributed by atoms with Crippen molar-refractivity contribution in [3.05, 3.63) is 18.0 Å². The van der Waals surface area contributed by atoms with Gasteiger partial charge in [-0.05, 0) is 24.8 Å². The molecule has 1 atom stereocenters. The van der Waals surface area contributed by atoms with Crippen LogP contribution in [0, 0.1) is 5.92 Å². The van der Waals surface area contributed by atoms with E-state index in [-0.39, 0.29) is 24.4 Å². The summed E-state index contributed by atoms with van der Waals surface area (Å²) in [6, 6.07) is 1.69. The van der Waals surface area contributed by atoms with Gasteiger partial charge in [-0.15, -0.1) is 0 Å². The Bertz CT molecular complexity index is 506. The van der Waals surface area contributed by atoms with Crippen LogP contribution >= 0.6 is 0 Å². The molecule has 1 aromatic heterocycles. The third kappa shape index (κ3) is 2.34. The number of aryl methyl sites for hydroxylation is 1. The standard InChI is InChI=1S/C13H18N4O2/c1-16-10(4-6-15-16)5-7-17-11(18)8-14-13(19)12(17)9-2-3-9/h4,6,9,12H,2-3,5,7-8H2,1H3,(H,14,19). The molecule has 2 amide bonds. The molecule has 19 heavy (non-hydrogen) atoms. The number of amides is 2. The zero-order valence-corrected chi connectivity index (χ0v) is 11.0. The molecule has 1 N–H and O–H groups in total. The van der Waals surface area contributed by atoms with Gasteiger partial charge in [0.15, 0.2) is 0 Å². The van der Waals surface area contributed by atoms with E-state index in [0.717, 1.165) is 25.0 Å². The van der Waals surface area contributed by atoms with Crippen LogP contribution in [0.3, 0.4) is 0 Å². The Labute approximate surface area is 111 Å². The van der Waals surface area contributed by atoms with Crippen LogP contribution < -0.4 is 5.32 Å². The summed E-state index contributed by atoms with van der Waals surface area (Å²) < 4.78 is 1.81. The number of piperazine rings is 1. The second kappa shape index (κ2) is 4.68. The van der Waals surface area contributed by atoms with E-state index in [1.165, 1.54) is 0 Å². The van der Waals surface area contributed by atoms with Crippen molar-refractivity contribution < 1.29 is 9.59 Å². The highest BCUT2D eigenvalue weighted by Crippen LogP contribution is 2.36. The van der Waals surface area contributed by atoms with Crippen molar-refractivity contribution in [1.29, 1.82) is 0 Å². The van der Waals surface area contributed by atoms with Crippen LogP contribution in [-0.4, -0.2) is 45.6 Å². The van der Waals surface area contributed by atoms with Gasteiger partial charge in [0.25, 0.3) is 0 Å². The average molecular weight is 262 g/mol. The molecule has 3 rings (SSSR count). The molecular formula is C13H18N4O2. The molecule has 1 saturated heterocycles. The van der Waals surface area contributed by atoms with Gasteiger partial charge in [-0.3, -0.25) is 14.3 Å². The van der Waals surface area contributed by atoms with Crippen molar-refractivity contribution in [2.24, 2.45) is 13.0 Å². The summed E-state index contributed by atoms with van der Waals surface area (Å²) in [5, 5.41) is 6.80. The molecule has 1 aliphatic heterocycles. The molecule has 1 aliphatic carbocycles. The van der Waals surface area contributed by atoms with Gasteiger partial charge in [-0.2, -0.15) is 5.10 Å². The van der Waals surface area contributed by atoms with Crippen LogP contribution in [0.1, 0.15) is 18.5 Å². The van der Waals surface area contributed by atoms with E-state index >= 15 is 0 Å². The molecule has 0 radical (unpaired) electrons. The Kier molecular flexibility index (Phi) is 3.00. The smallest absolute Gasteiger partial charge is 0.243 e. The maximum Gasteiger partial charge on any atom is 0.243 e. The fourth-order valence-electron chi connectivity index (χ4n) is 2.69. The zero-order valence-electron chi connectivity index (χ0n) is 11.0. The number of aromatic nitrogens is 2. The highest BCUT2D eigenvalue weighted by molar-refractivity contribution is 5.95. The molecule has 0 aromatic carbocycles. The molecule has 0 bridgehead atoms. The molecule has 2 heterocycles. The topological polar surface area (TPSA) is 67.2 Å². The third-order valence-corrected chi connectivity index (χ3v) is 3.94. The van der Waals surface area contributed by atoms with Crippen molar-refractivity contribution in [3.63, 3.8) is 0 Å². The van der Waals surface area contributed by atoms with E-state index in [1.54, 1.807) is 15.8 Å². The summed E-state index contributed by atoms with van der Waals surface area (Å²) in [6.07, 6.45) is 4.58. The lowest BCUT2D eigenvalue weighted by atomic mass is 10.1. The second-order valence-electron chi connectivity index (χ2n) is 5.28. The Morgan fingerprint density at radius 2 is 2.21 bits per heavy atom. The molecule has 2 aliphatic rings. The summed E-state index contributed by atoms with van der Waals surface area (Å²) in [7, 11) is 1.89. The monoisotopic (exact) mass is 262 g/mol. The first-order valence-corrected chi connectivity index (χ1v) is 6.71. The largest absolute Gasteiger partial charge is 0.345 e. The highest BCUT2D eigenvalue weighted by Gasteiger charge is 2.44. The summed E-state index contributed by atoms with van der Waals surface area (Å²) in [5.41, 5.74) is 1.08. The molecule has 1 saturated carbocycles. The normalized spacial score (nSPS) is 23.6. The van der Waals surface area contributed by atoms with Gasteiger partial charge in [0, 0.05) is 31.9 Å². The van der Waals surface area contributed by atoms with Gasteiger partial charge in [-0.1, -0.05) is 0 Å². The van der Waals surface area contributed by atoms with Crippen LogP contribution in [0.4, 0.5) is 0 Å². The Morgan fingerprint density at radius 1 is 1.42 bits per heavy atom. The first-order chi connectivity index (χ1) is 9.16. The fraction of sp³-hybridized carbons (Fsp3) is 0.615. The number of carbonyl (C=O) groups is 2. The maximum atomic E-state index is 12.0. The van der Waals surface area contributed by atoms with Gasteiger partial charge in [0.1, 0.15) is 6.04 Å². The molecule has 0 spiro atoms.